The largest absolute Gasteiger partial charge is 0.383 e. The summed E-state index contributed by atoms with van der Waals surface area (Å²) < 4.78 is 5.04. The maximum Gasteiger partial charge on any atom is 0.0626 e. The molecule has 0 aromatic heterocycles. The van der Waals surface area contributed by atoms with Crippen molar-refractivity contribution in [2.75, 3.05) is 27.3 Å². The molecule has 1 atom stereocenters. The Balaban J connectivity index is 2.21. The van der Waals surface area contributed by atoms with Gasteiger partial charge in [-0.2, -0.15) is 0 Å². The summed E-state index contributed by atoms with van der Waals surface area (Å²) in [7, 11) is 3.89. The number of hydrogen-bond donors (Lipinski definition) is 1. The van der Waals surface area contributed by atoms with Crippen LogP contribution < -0.4 is 5.73 Å². The van der Waals surface area contributed by atoms with E-state index in [-0.39, 0.29) is 6.04 Å². The molecule has 0 heterocycles. The van der Waals surface area contributed by atoms with E-state index >= 15 is 0 Å². The van der Waals surface area contributed by atoms with Crippen LogP contribution in [-0.4, -0.2) is 44.3 Å². The van der Waals surface area contributed by atoms with Crippen LogP contribution in [0.3, 0.4) is 0 Å². The Kier molecular flexibility index (Phi) is 5.45. The Morgan fingerprint density at radius 3 is 2.57 bits per heavy atom. The number of likely N-dealkylation sites (N-methyl/N-ethyl adjacent to an activating group) is 1. The van der Waals surface area contributed by atoms with Crippen LogP contribution in [0.5, 0.6) is 0 Å². The van der Waals surface area contributed by atoms with Crippen LogP contribution in [0.25, 0.3) is 0 Å². The molecule has 1 unspecified atom stereocenters. The summed E-state index contributed by atoms with van der Waals surface area (Å²) >= 11 is 0. The normalized spacial score (nSPS) is 21.4. The van der Waals surface area contributed by atoms with Crippen molar-refractivity contribution in [1.29, 1.82) is 0 Å². The average Bonchev–Trinajstić information content (AvgIpc) is 2.19. The predicted molar refractivity (Wildman–Crippen MR) is 59.4 cm³/mol. The van der Waals surface area contributed by atoms with Gasteiger partial charge in [0.1, 0.15) is 0 Å². The Labute approximate surface area is 87.6 Å². The number of nitrogens with two attached hydrogens (primary N) is 1. The van der Waals surface area contributed by atoms with Crippen LogP contribution in [0.1, 0.15) is 32.1 Å². The monoisotopic (exact) mass is 200 g/mol. The maximum absolute atomic E-state index is 5.93. The second-order valence-electron chi connectivity index (χ2n) is 4.45. The number of ether oxygens (including phenoxy) is 1. The lowest BCUT2D eigenvalue weighted by atomic mass is 9.94. The molecule has 1 aliphatic rings. The van der Waals surface area contributed by atoms with Gasteiger partial charge in [0.05, 0.1) is 6.61 Å². The van der Waals surface area contributed by atoms with Gasteiger partial charge in [0, 0.05) is 25.7 Å². The van der Waals surface area contributed by atoms with Crippen LogP contribution in [0.15, 0.2) is 0 Å². The average molecular weight is 200 g/mol. The molecule has 3 heteroatoms. The predicted octanol–water partition coefficient (Wildman–Crippen LogP) is 1.22. The lowest BCUT2D eigenvalue weighted by Gasteiger charge is -2.32. The number of nitrogens with zero attached hydrogens (tertiary/aromatic N) is 1. The van der Waals surface area contributed by atoms with Crippen LogP contribution in [0.4, 0.5) is 0 Å². The zero-order valence-electron chi connectivity index (χ0n) is 9.54. The van der Waals surface area contributed by atoms with Gasteiger partial charge in [-0.3, -0.25) is 0 Å². The van der Waals surface area contributed by atoms with Crippen LogP contribution in [0, 0.1) is 0 Å². The maximum atomic E-state index is 5.93. The highest BCUT2D eigenvalue weighted by atomic mass is 16.5. The molecule has 3 nitrogen and oxygen atoms in total. The van der Waals surface area contributed by atoms with Crippen molar-refractivity contribution in [3.63, 3.8) is 0 Å². The first kappa shape index (κ1) is 12.0. The van der Waals surface area contributed by atoms with Gasteiger partial charge in [-0.1, -0.05) is 19.3 Å². The number of methoxy groups -OCH3 is 1. The quantitative estimate of drug-likeness (QED) is 0.725. The van der Waals surface area contributed by atoms with E-state index < -0.39 is 0 Å². The topological polar surface area (TPSA) is 38.5 Å². The molecule has 0 amide bonds. The summed E-state index contributed by atoms with van der Waals surface area (Å²) in [5.74, 6) is 0. The first-order valence-electron chi connectivity index (χ1n) is 5.68. The molecule has 0 radical (unpaired) electrons. The first-order valence-corrected chi connectivity index (χ1v) is 5.68. The summed E-state index contributed by atoms with van der Waals surface area (Å²) in [5, 5.41) is 0. The molecule has 0 saturated heterocycles. The van der Waals surface area contributed by atoms with Crippen molar-refractivity contribution in [2.45, 2.75) is 44.2 Å². The minimum atomic E-state index is 0.159. The van der Waals surface area contributed by atoms with Gasteiger partial charge in [-0.25, -0.2) is 0 Å². The second-order valence-corrected chi connectivity index (χ2v) is 4.45. The van der Waals surface area contributed by atoms with E-state index in [9.17, 15) is 0 Å². The Morgan fingerprint density at radius 1 is 1.36 bits per heavy atom. The minimum absolute atomic E-state index is 0.159. The Morgan fingerprint density at radius 2 is 2.00 bits per heavy atom. The van der Waals surface area contributed by atoms with Crippen molar-refractivity contribution in [1.82, 2.24) is 4.90 Å². The lowest BCUT2D eigenvalue weighted by Crippen LogP contribution is -2.43. The van der Waals surface area contributed by atoms with Crippen molar-refractivity contribution in [3.8, 4) is 0 Å². The minimum Gasteiger partial charge on any atom is -0.383 e. The highest BCUT2D eigenvalue weighted by Gasteiger charge is 2.19. The molecule has 1 aliphatic carbocycles. The molecule has 0 aromatic rings. The van der Waals surface area contributed by atoms with Crippen molar-refractivity contribution >= 4 is 0 Å². The summed E-state index contributed by atoms with van der Waals surface area (Å²) in [4.78, 5) is 2.41. The molecule has 1 rings (SSSR count). The van der Waals surface area contributed by atoms with Crippen molar-refractivity contribution < 1.29 is 4.74 Å². The highest BCUT2D eigenvalue weighted by molar-refractivity contribution is 4.76. The van der Waals surface area contributed by atoms with E-state index in [1.165, 1.54) is 32.1 Å². The zero-order valence-corrected chi connectivity index (χ0v) is 9.54. The van der Waals surface area contributed by atoms with Crippen LogP contribution in [-0.2, 0) is 4.74 Å². The van der Waals surface area contributed by atoms with Gasteiger partial charge in [0.25, 0.3) is 0 Å². The van der Waals surface area contributed by atoms with Gasteiger partial charge in [-0.15, -0.1) is 0 Å². The molecule has 84 valence electrons. The molecule has 0 spiro atoms. The highest BCUT2D eigenvalue weighted by Crippen LogP contribution is 2.21. The number of rotatable bonds is 5. The summed E-state index contributed by atoms with van der Waals surface area (Å²) in [6.45, 7) is 1.62. The molecular formula is C11H24N2O. The Hall–Kier alpha value is -0.120. The smallest absolute Gasteiger partial charge is 0.0626 e. The summed E-state index contributed by atoms with van der Waals surface area (Å²) in [6.07, 6.45) is 6.86. The zero-order chi connectivity index (χ0) is 10.4. The standard InChI is InChI=1S/C11H24N2O/c1-13(8-10(12)9-14-2)11-6-4-3-5-7-11/h10-11H,3-9,12H2,1-2H3. The lowest BCUT2D eigenvalue weighted by molar-refractivity contribution is 0.134. The molecule has 2 N–H and O–H groups in total. The van der Waals surface area contributed by atoms with Gasteiger partial charge < -0.3 is 15.4 Å². The SMILES string of the molecule is COCC(N)CN(C)C1CCCCC1. The fourth-order valence-corrected chi connectivity index (χ4v) is 2.31. The fraction of sp³-hybridized carbons (Fsp3) is 1.00. The van der Waals surface area contributed by atoms with E-state index in [1.54, 1.807) is 7.11 Å². The van der Waals surface area contributed by atoms with Crippen LogP contribution in [0.2, 0.25) is 0 Å². The van der Waals surface area contributed by atoms with Crippen molar-refractivity contribution in [3.05, 3.63) is 0 Å². The van der Waals surface area contributed by atoms with Gasteiger partial charge >= 0.3 is 0 Å². The molecule has 1 fully saturated rings. The van der Waals surface area contributed by atoms with Crippen molar-refractivity contribution in [2.24, 2.45) is 5.73 Å². The fourth-order valence-electron chi connectivity index (χ4n) is 2.31. The molecule has 14 heavy (non-hydrogen) atoms. The van der Waals surface area contributed by atoms with Crippen LogP contribution >= 0.6 is 0 Å². The molecule has 0 aromatic carbocycles. The van der Waals surface area contributed by atoms with Gasteiger partial charge in [0.15, 0.2) is 0 Å². The second kappa shape index (κ2) is 6.38. The third-order valence-electron chi connectivity index (χ3n) is 3.10. The third kappa shape index (κ3) is 3.95. The van der Waals surface area contributed by atoms with E-state index in [0.29, 0.717) is 6.61 Å². The third-order valence-corrected chi connectivity index (χ3v) is 3.10. The van der Waals surface area contributed by atoms with Gasteiger partial charge in [-0.05, 0) is 19.9 Å². The summed E-state index contributed by atoms with van der Waals surface area (Å²) in [5.41, 5.74) is 5.93. The first-order chi connectivity index (χ1) is 6.74. The Bertz CT molecular complexity index is 146. The molecule has 1 saturated carbocycles. The van der Waals surface area contributed by atoms with E-state index in [4.69, 9.17) is 10.5 Å². The number of hydrogen-bond acceptors (Lipinski definition) is 3. The van der Waals surface area contributed by atoms with Gasteiger partial charge in [0.2, 0.25) is 0 Å². The van der Waals surface area contributed by atoms with E-state index in [0.717, 1.165) is 12.6 Å². The molecular weight excluding hydrogens is 176 g/mol. The van der Waals surface area contributed by atoms with E-state index in [2.05, 4.69) is 11.9 Å². The van der Waals surface area contributed by atoms with E-state index in [1.807, 2.05) is 0 Å². The molecule has 0 aliphatic heterocycles. The summed E-state index contributed by atoms with van der Waals surface area (Å²) in [6, 6.07) is 0.915. The molecule has 0 bridgehead atoms.